The van der Waals surface area contributed by atoms with Crippen LogP contribution in [0.2, 0.25) is 18.1 Å². The molecule has 4 unspecified atom stereocenters. The number of ether oxygens (including phenoxy) is 2. The molecule has 7 nitrogen and oxygen atoms in total. The Bertz CT molecular complexity index is 1600. The molecule has 1 fully saturated rings. The average Bonchev–Trinajstić information content (AvgIpc) is 3.59. The second kappa shape index (κ2) is 11.4. The second-order valence-electron chi connectivity index (χ2n) is 11.8. The number of nitrogens with zero attached hydrogens (tertiary/aromatic N) is 4. The third kappa shape index (κ3) is 5.48. The minimum atomic E-state index is -2.33. The first-order valence-electron chi connectivity index (χ1n) is 13.7. The third-order valence-electron chi connectivity index (χ3n) is 8.13. The van der Waals surface area contributed by atoms with Crippen LogP contribution in [0.3, 0.4) is 0 Å². The largest absolute Gasteiger partial charge is 0.393 e. The highest BCUT2D eigenvalue weighted by atomic mass is 32.2. The summed E-state index contributed by atoms with van der Waals surface area (Å²) in [5, 5.41) is 29.0. The lowest BCUT2D eigenvalue weighted by Gasteiger charge is -2.46. The molecule has 1 spiro atoms. The van der Waals surface area contributed by atoms with Crippen LogP contribution in [0.15, 0.2) is 84.4 Å². The molecular weight excluding hydrogens is 561 g/mol. The van der Waals surface area contributed by atoms with E-state index in [1.54, 1.807) is 36.4 Å². The molecule has 2 aliphatic rings. The molecule has 4 atom stereocenters. The maximum atomic E-state index is 9.43. The van der Waals surface area contributed by atoms with Crippen molar-refractivity contribution in [1.29, 1.82) is 15.8 Å². The van der Waals surface area contributed by atoms with Crippen molar-refractivity contribution >= 4 is 20.1 Å². The lowest BCUT2D eigenvalue weighted by atomic mass is 10.0. The molecule has 2 aliphatic heterocycles. The van der Waals surface area contributed by atoms with E-state index in [0.29, 0.717) is 16.7 Å². The number of hydrogen-bond donors (Lipinski definition) is 0. The summed E-state index contributed by atoms with van der Waals surface area (Å²) >= 11 is 1.51. The fourth-order valence-electron chi connectivity index (χ4n) is 4.68. The van der Waals surface area contributed by atoms with Gasteiger partial charge in [0.1, 0.15) is 12.3 Å². The van der Waals surface area contributed by atoms with Crippen LogP contribution in [0.25, 0.3) is 0 Å². The Morgan fingerprint density at radius 1 is 0.833 bits per heavy atom. The number of hydrogen-bond acceptors (Lipinski definition) is 8. The number of thioether (sulfide) groups is 1. The zero-order valence-electron chi connectivity index (χ0n) is 24.2. The summed E-state index contributed by atoms with van der Waals surface area (Å²) in [6.45, 7) is 11.0. The van der Waals surface area contributed by atoms with Gasteiger partial charge in [-0.25, -0.2) is 0 Å². The molecule has 1 saturated heterocycles. The van der Waals surface area contributed by atoms with Gasteiger partial charge in [0.05, 0.1) is 34.9 Å². The van der Waals surface area contributed by atoms with Crippen LogP contribution in [-0.4, -0.2) is 18.3 Å². The van der Waals surface area contributed by atoms with E-state index in [9.17, 15) is 15.8 Å². The van der Waals surface area contributed by atoms with E-state index in [4.69, 9.17) is 13.9 Å². The number of benzene rings is 3. The Balaban J connectivity index is 1.62. The Labute approximate surface area is 252 Å². The Morgan fingerprint density at radius 3 is 1.83 bits per heavy atom. The molecule has 3 aromatic carbocycles. The molecule has 42 heavy (non-hydrogen) atoms. The van der Waals surface area contributed by atoms with Crippen LogP contribution in [0.1, 0.15) is 72.8 Å². The van der Waals surface area contributed by atoms with Crippen LogP contribution < -0.4 is 0 Å². The minimum Gasteiger partial charge on any atom is -0.393 e. The van der Waals surface area contributed by atoms with Crippen LogP contribution in [0.5, 0.6) is 0 Å². The highest BCUT2D eigenvalue weighted by Gasteiger charge is 2.59. The zero-order chi connectivity index (χ0) is 30.1. The van der Waals surface area contributed by atoms with E-state index < -0.39 is 32.0 Å². The van der Waals surface area contributed by atoms with Gasteiger partial charge in [0, 0.05) is 17.3 Å². The molecule has 2 heterocycles. The molecule has 212 valence electrons. The second-order valence-corrected chi connectivity index (χ2v) is 17.7. The molecule has 0 saturated carbocycles. The highest BCUT2D eigenvalue weighted by Crippen LogP contribution is 2.60. The first kappa shape index (κ1) is 29.6. The number of nitriles is 3. The summed E-state index contributed by atoms with van der Waals surface area (Å²) in [5.74, 6) is 0. The van der Waals surface area contributed by atoms with Crippen LogP contribution in [0.4, 0.5) is 0 Å². The summed E-state index contributed by atoms with van der Waals surface area (Å²) in [7, 11) is -2.33. The van der Waals surface area contributed by atoms with Crippen molar-refractivity contribution in [2.45, 2.75) is 62.6 Å². The lowest BCUT2D eigenvalue weighted by molar-refractivity contribution is -0.132. The molecule has 0 aromatic heterocycles. The molecule has 0 bridgehead atoms. The van der Waals surface area contributed by atoms with Gasteiger partial charge in [0.15, 0.2) is 14.6 Å². The fourth-order valence-corrected chi connectivity index (χ4v) is 6.97. The maximum Gasteiger partial charge on any atom is 0.229 e. The van der Waals surface area contributed by atoms with E-state index in [-0.39, 0.29) is 5.04 Å². The first-order chi connectivity index (χ1) is 20.0. The van der Waals surface area contributed by atoms with Crippen molar-refractivity contribution in [2.24, 2.45) is 0 Å². The highest BCUT2D eigenvalue weighted by molar-refractivity contribution is 8.03. The summed E-state index contributed by atoms with van der Waals surface area (Å²) < 4.78 is 20.7. The average molecular weight is 593 g/mol. The Kier molecular flexibility index (Phi) is 8.05. The summed E-state index contributed by atoms with van der Waals surface area (Å²) in [6.07, 6.45) is 0.175. The van der Waals surface area contributed by atoms with Crippen molar-refractivity contribution in [3.63, 3.8) is 0 Å². The van der Waals surface area contributed by atoms with E-state index in [2.05, 4.69) is 57.0 Å². The van der Waals surface area contributed by atoms with Gasteiger partial charge in [-0.05, 0) is 65.5 Å². The molecule has 0 aliphatic carbocycles. The van der Waals surface area contributed by atoms with Gasteiger partial charge in [-0.15, -0.1) is 0 Å². The molecule has 0 radical (unpaired) electrons. The fraction of sp³-hybridized carbons (Fsp3) is 0.303. The topological polar surface area (TPSA) is 102 Å². The Morgan fingerprint density at radius 2 is 1.33 bits per heavy atom. The standard InChI is InChI=1S/C33H32N4O3SSi/c1-32(2,3)42(4,5)40-30(27-14-8-24(21-35)9-15-27)37-18-19-41-33(37)29(26-12-6-23(20-34)7-13-26)38-31(39-33)28-16-10-25(22-36)11-17-28/h6-19,29-31H,1-5H3. The van der Waals surface area contributed by atoms with E-state index >= 15 is 0 Å². The monoisotopic (exact) mass is 592 g/mol. The molecule has 5 rings (SSSR count). The maximum absolute atomic E-state index is 9.43. The summed E-state index contributed by atoms with van der Waals surface area (Å²) in [4.78, 5) is 2.09. The molecular formula is C33H32N4O3SSi. The van der Waals surface area contributed by atoms with Crippen molar-refractivity contribution in [3.05, 3.63) is 118 Å². The molecule has 9 heteroatoms. The van der Waals surface area contributed by atoms with Crippen molar-refractivity contribution in [3.8, 4) is 18.2 Å². The lowest BCUT2D eigenvalue weighted by Crippen LogP contribution is -2.51. The zero-order valence-corrected chi connectivity index (χ0v) is 26.1. The predicted octanol–water partition coefficient (Wildman–Crippen LogP) is 7.98. The molecule has 0 N–H and O–H groups in total. The number of rotatable bonds is 6. The van der Waals surface area contributed by atoms with Crippen molar-refractivity contribution in [2.75, 3.05) is 0 Å². The van der Waals surface area contributed by atoms with Gasteiger partial charge in [-0.3, -0.25) is 0 Å². The summed E-state index contributed by atoms with van der Waals surface area (Å²) in [5.41, 5.74) is 4.23. The SMILES string of the molecule is CC(C)(C)[Si](C)(C)OC(c1ccc(C#N)cc1)N1C=CSC12OC(c1ccc(C#N)cc1)OC2c1ccc(C#N)cc1. The smallest absolute Gasteiger partial charge is 0.229 e. The van der Waals surface area contributed by atoms with Crippen LogP contribution >= 0.6 is 11.8 Å². The predicted molar refractivity (Wildman–Crippen MR) is 163 cm³/mol. The third-order valence-corrected chi connectivity index (χ3v) is 13.7. The van der Waals surface area contributed by atoms with Crippen molar-refractivity contribution in [1.82, 2.24) is 4.90 Å². The van der Waals surface area contributed by atoms with Gasteiger partial charge >= 0.3 is 0 Å². The van der Waals surface area contributed by atoms with Crippen molar-refractivity contribution < 1.29 is 13.9 Å². The van der Waals surface area contributed by atoms with E-state index in [0.717, 1.165) is 16.7 Å². The first-order valence-corrected chi connectivity index (χ1v) is 17.4. The molecule has 0 amide bonds. The van der Waals surface area contributed by atoms with Crippen LogP contribution in [-0.2, 0) is 13.9 Å². The van der Waals surface area contributed by atoms with Gasteiger partial charge in [0.2, 0.25) is 5.06 Å². The normalized spacial score (nSPS) is 22.5. The van der Waals surface area contributed by atoms with Gasteiger partial charge in [-0.1, -0.05) is 68.9 Å². The van der Waals surface area contributed by atoms with Gasteiger partial charge in [-0.2, -0.15) is 15.8 Å². The van der Waals surface area contributed by atoms with E-state index in [1.807, 2.05) is 48.0 Å². The summed E-state index contributed by atoms with van der Waals surface area (Å²) in [6, 6.07) is 28.6. The minimum absolute atomic E-state index is 0.0633. The van der Waals surface area contributed by atoms with E-state index in [1.165, 1.54) is 11.8 Å². The molecule has 3 aromatic rings. The quantitative estimate of drug-likeness (QED) is 0.265. The van der Waals surface area contributed by atoms with Crippen LogP contribution in [0, 0.1) is 34.0 Å². The van der Waals surface area contributed by atoms with Gasteiger partial charge in [0.25, 0.3) is 0 Å². The Hall–Kier alpha value is -3.88. The van der Waals surface area contributed by atoms with Gasteiger partial charge < -0.3 is 18.8 Å².